The molecule has 30 heavy (non-hydrogen) atoms. The van der Waals surface area contributed by atoms with E-state index in [1.807, 2.05) is 29.9 Å². The van der Waals surface area contributed by atoms with Crippen LogP contribution >= 0.6 is 0 Å². The molecular weight excluding hydrogens is 404 g/mol. The van der Waals surface area contributed by atoms with Crippen molar-refractivity contribution in [2.24, 2.45) is 7.05 Å². The van der Waals surface area contributed by atoms with Crippen LogP contribution in [0.1, 0.15) is 31.2 Å². The van der Waals surface area contributed by atoms with Crippen LogP contribution in [-0.2, 0) is 27.0 Å². The molecule has 8 nitrogen and oxygen atoms in total. The minimum absolute atomic E-state index is 0.0874. The number of fused-ring (bicyclic) bond motifs is 1. The van der Waals surface area contributed by atoms with Gasteiger partial charge in [0.25, 0.3) is 0 Å². The Bertz CT molecular complexity index is 1110. The van der Waals surface area contributed by atoms with Crippen LogP contribution in [0.4, 0.5) is 0 Å². The number of aromatic nitrogens is 4. The van der Waals surface area contributed by atoms with Crippen molar-refractivity contribution in [3.05, 3.63) is 30.1 Å². The lowest BCUT2D eigenvalue weighted by molar-refractivity contribution is -0.0367. The summed E-state index contributed by atoms with van der Waals surface area (Å²) in [5.41, 5.74) is 3.29. The Balaban J connectivity index is 1.66. The summed E-state index contributed by atoms with van der Waals surface area (Å²) in [7, 11) is 1.81. The Morgan fingerprint density at radius 1 is 1.37 bits per heavy atom. The topological polar surface area (TPSA) is 80.4 Å². The van der Waals surface area contributed by atoms with Gasteiger partial charge in [0, 0.05) is 25.3 Å². The Morgan fingerprint density at radius 3 is 2.97 bits per heavy atom. The molecule has 0 N–H and O–H groups in total. The Morgan fingerprint density at radius 2 is 2.23 bits per heavy atom. The molecule has 0 radical (unpaired) electrons. The first-order valence-corrected chi connectivity index (χ1v) is 11.3. The molecule has 4 rings (SSSR count). The second-order valence-electron chi connectivity index (χ2n) is 7.05. The molecule has 1 aliphatic rings. The van der Waals surface area contributed by atoms with Crippen LogP contribution in [0.3, 0.4) is 0 Å². The van der Waals surface area contributed by atoms with E-state index < -0.39 is 11.1 Å². The quantitative estimate of drug-likeness (QED) is 0.425. The van der Waals surface area contributed by atoms with Crippen molar-refractivity contribution >= 4 is 22.0 Å². The summed E-state index contributed by atoms with van der Waals surface area (Å²) < 4.78 is 31.4. The van der Waals surface area contributed by atoms with Crippen LogP contribution in [0.15, 0.2) is 24.4 Å². The second-order valence-corrected chi connectivity index (χ2v) is 8.09. The monoisotopic (exact) mass is 428 g/mol. The maximum atomic E-state index is 11.0. The summed E-state index contributed by atoms with van der Waals surface area (Å²) in [6.07, 6.45) is 12.0. The van der Waals surface area contributed by atoms with E-state index in [1.54, 1.807) is 10.9 Å². The SMILES string of the molecule is C#Cc1nn(C2CCCCO2)c2ccc(-c3cnn(C)c3OCCOS(C)=O)cc12. The summed E-state index contributed by atoms with van der Waals surface area (Å²) in [5, 5.41) is 9.84. The van der Waals surface area contributed by atoms with Crippen molar-refractivity contribution < 1.29 is 17.9 Å². The highest BCUT2D eigenvalue weighted by atomic mass is 32.2. The zero-order valence-corrected chi connectivity index (χ0v) is 17.9. The number of terminal acetylenes is 1. The molecule has 2 unspecified atom stereocenters. The van der Waals surface area contributed by atoms with Gasteiger partial charge in [-0.3, -0.25) is 4.18 Å². The van der Waals surface area contributed by atoms with Gasteiger partial charge in [0.1, 0.15) is 12.3 Å². The average molecular weight is 429 g/mol. The van der Waals surface area contributed by atoms with Crippen molar-refractivity contribution in [1.82, 2.24) is 19.6 Å². The molecule has 0 bridgehead atoms. The molecule has 0 amide bonds. The number of rotatable bonds is 7. The fourth-order valence-electron chi connectivity index (χ4n) is 3.64. The fourth-order valence-corrected chi connectivity index (χ4v) is 3.94. The Kier molecular flexibility index (Phi) is 6.18. The first-order valence-electron chi connectivity index (χ1n) is 9.81. The number of aryl methyl sites for hydroxylation is 1. The van der Waals surface area contributed by atoms with Gasteiger partial charge < -0.3 is 9.47 Å². The summed E-state index contributed by atoms with van der Waals surface area (Å²) in [6, 6.07) is 6.03. The first-order chi connectivity index (χ1) is 14.6. The van der Waals surface area contributed by atoms with Gasteiger partial charge >= 0.3 is 0 Å². The van der Waals surface area contributed by atoms with Gasteiger partial charge in [-0.1, -0.05) is 6.07 Å². The normalized spacial score (nSPS) is 17.7. The predicted molar refractivity (Wildman–Crippen MR) is 114 cm³/mol. The van der Waals surface area contributed by atoms with E-state index >= 15 is 0 Å². The molecule has 0 aliphatic carbocycles. The highest BCUT2D eigenvalue weighted by Crippen LogP contribution is 2.34. The van der Waals surface area contributed by atoms with Crippen LogP contribution in [0, 0.1) is 12.3 Å². The highest BCUT2D eigenvalue weighted by molar-refractivity contribution is 7.79. The van der Waals surface area contributed by atoms with Crippen LogP contribution in [0.25, 0.3) is 22.0 Å². The van der Waals surface area contributed by atoms with Gasteiger partial charge in [-0.15, -0.1) is 6.42 Å². The summed E-state index contributed by atoms with van der Waals surface area (Å²) in [5.74, 6) is 3.30. The van der Waals surface area contributed by atoms with Gasteiger partial charge in [0.15, 0.2) is 17.3 Å². The van der Waals surface area contributed by atoms with Crippen LogP contribution in [0.2, 0.25) is 0 Å². The number of hydrogen-bond donors (Lipinski definition) is 0. The van der Waals surface area contributed by atoms with Gasteiger partial charge in [-0.2, -0.15) is 10.2 Å². The van der Waals surface area contributed by atoms with Crippen molar-refractivity contribution in [2.45, 2.75) is 25.5 Å². The summed E-state index contributed by atoms with van der Waals surface area (Å²) >= 11 is -1.32. The molecule has 3 aromatic rings. The molecule has 0 spiro atoms. The standard InChI is InChI=1S/C21H24N4O4S/c1-4-18-16-13-15(8-9-19(16)25(23-18)20-7-5-6-10-27-20)17-14-22-24(2)21(17)28-11-12-29-30(3)26/h1,8-9,13-14,20H,5-7,10-12H2,2-3H3. The van der Waals surface area contributed by atoms with Crippen molar-refractivity contribution in [3.8, 4) is 29.4 Å². The number of hydrogen-bond acceptors (Lipinski definition) is 6. The minimum atomic E-state index is -1.32. The largest absolute Gasteiger partial charge is 0.475 e. The molecule has 0 saturated carbocycles. The molecule has 9 heteroatoms. The van der Waals surface area contributed by atoms with E-state index in [2.05, 4.69) is 16.1 Å². The lowest BCUT2D eigenvalue weighted by atomic mass is 10.1. The molecule has 158 valence electrons. The molecular formula is C21H24N4O4S. The molecule has 1 aromatic carbocycles. The molecule has 1 aliphatic heterocycles. The molecule has 2 atom stereocenters. The average Bonchev–Trinajstić information content (AvgIpc) is 3.31. The zero-order chi connectivity index (χ0) is 21.1. The van der Waals surface area contributed by atoms with Crippen molar-refractivity contribution in [1.29, 1.82) is 0 Å². The van der Waals surface area contributed by atoms with Gasteiger partial charge in [0.2, 0.25) is 5.88 Å². The number of ether oxygens (including phenoxy) is 2. The molecule has 2 aromatic heterocycles. The van der Waals surface area contributed by atoms with Gasteiger partial charge in [-0.05, 0) is 42.9 Å². The number of benzene rings is 1. The lowest BCUT2D eigenvalue weighted by Crippen LogP contribution is -2.19. The molecule has 1 fully saturated rings. The van der Waals surface area contributed by atoms with Gasteiger partial charge in [0.05, 0.1) is 23.9 Å². The first kappa shape index (κ1) is 20.6. The number of nitrogens with zero attached hydrogens (tertiary/aromatic N) is 4. The maximum absolute atomic E-state index is 11.0. The molecule has 1 saturated heterocycles. The Labute approximate surface area is 177 Å². The minimum Gasteiger partial charge on any atom is -0.475 e. The van der Waals surface area contributed by atoms with E-state index in [-0.39, 0.29) is 19.4 Å². The fraction of sp³-hybridized carbons (Fsp3) is 0.429. The van der Waals surface area contributed by atoms with E-state index in [0.717, 1.165) is 47.9 Å². The highest BCUT2D eigenvalue weighted by Gasteiger charge is 2.21. The van der Waals surface area contributed by atoms with Crippen LogP contribution in [0.5, 0.6) is 5.88 Å². The third kappa shape index (κ3) is 4.12. The maximum Gasteiger partial charge on any atom is 0.219 e. The molecule has 3 heterocycles. The van der Waals surface area contributed by atoms with Crippen LogP contribution in [-0.4, -0.2) is 49.8 Å². The van der Waals surface area contributed by atoms with Crippen molar-refractivity contribution in [3.63, 3.8) is 0 Å². The third-order valence-electron chi connectivity index (χ3n) is 5.04. The lowest BCUT2D eigenvalue weighted by Gasteiger charge is -2.23. The van der Waals surface area contributed by atoms with E-state index in [1.165, 1.54) is 6.26 Å². The summed E-state index contributed by atoms with van der Waals surface area (Å²) in [6.45, 7) is 1.23. The summed E-state index contributed by atoms with van der Waals surface area (Å²) in [4.78, 5) is 0. The third-order valence-corrected chi connectivity index (χ3v) is 5.54. The smallest absolute Gasteiger partial charge is 0.219 e. The van der Waals surface area contributed by atoms with Gasteiger partial charge in [-0.25, -0.2) is 13.6 Å². The van der Waals surface area contributed by atoms with Crippen LogP contribution < -0.4 is 4.74 Å². The predicted octanol–water partition coefficient (Wildman–Crippen LogP) is 2.81. The van der Waals surface area contributed by atoms with E-state index in [0.29, 0.717) is 11.6 Å². The second kappa shape index (κ2) is 9.00. The van der Waals surface area contributed by atoms with Crippen molar-refractivity contribution in [2.75, 3.05) is 26.1 Å². The Hall–Kier alpha value is -2.67. The van der Waals surface area contributed by atoms with E-state index in [4.69, 9.17) is 20.1 Å². The zero-order valence-electron chi connectivity index (χ0n) is 17.0. The van der Waals surface area contributed by atoms with E-state index in [9.17, 15) is 4.21 Å².